The molecule has 0 spiro atoms. The number of rotatable bonds is 5. The maximum atomic E-state index is 13.5. The predicted molar refractivity (Wildman–Crippen MR) is 111 cm³/mol. The monoisotopic (exact) mass is 411 g/mol. The van der Waals surface area contributed by atoms with E-state index >= 15 is 0 Å². The van der Waals surface area contributed by atoms with E-state index in [9.17, 15) is 14.7 Å². The molecule has 2 heterocycles. The standard InChI is InChI=1S/C23H29N3O4/c1-16(27)26-13-5-12-23(26,22(29)24-18-8-10-19(28)11-9-18)15-20-14-21(25-30-20)17-6-3-2-4-7-17/h2-4,6-7,14,18-19,28H,5,8-13,15H2,1H3,(H,24,29). The van der Waals surface area contributed by atoms with Crippen LogP contribution in [0.1, 0.15) is 51.2 Å². The number of aliphatic hydroxyl groups excluding tert-OH is 1. The molecule has 1 atom stereocenters. The second-order valence-corrected chi connectivity index (χ2v) is 8.51. The lowest BCUT2D eigenvalue weighted by Crippen LogP contribution is -2.60. The van der Waals surface area contributed by atoms with Crippen LogP contribution in [0.5, 0.6) is 0 Å². The van der Waals surface area contributed by atoms with E-state index in [0.29, 0.717) is 38.0 Å². The second-order valence-electron chi connectivity index (χ2n) is 8.51. The van der Waals surface area contributed by atoms with Crippen LogP contribution in [-0.2, 0) is 16.0 Å². The summed E-state index contributed by atoms with van der Waals surface area (Å²) in [6, 6.07) is 11.6. The van der Waals surface area contributed by atoms with Gasteiger partial charge in [0, 0.05) is 37.6 Å². The first-order valence-electron chi connectivity index (χ1n) is 10.8. The van der Waals surface area contributed by atoms with E-state index in [-0.39, 0.29) is 24.0 Å². The SMILES string of the molecule is CC(=O)N1CCCC1(Cc1cc(-c2ccccc2)no1)C(=O)NC1CCC(O)CC1. The molecule has 1 unspecified atom stereocenters. The minimum absolute atomic E-state index is 0.0294. The number of nitrogens with zero attached hydrogens (tertiary/aromatic N) is 2. The van der Waals surface area contributed by atoms with Gasteiger partial charge in [0.1, 0.15) is 17.0 Å². The van der Waals surface area contributed by atoms with Crippen molar-refractivity contribution >= 4 is 11.8 Å². The molecular formula is C23H29N3O4. The van der Waals surface area contributed by atoms with Gasteiger partial charge >= 0.3 is 0 Å². The first-order chi connectivity index (χ1) is 14.5. The van der Waals surface area contributed by atoms with Gasteiger partial charge in [-0.1, -0.05) is 35.5 Å². The molecule has 160 valence electrons. The van der Waals surface area contributed by atoms with Crippen molar-refractivity contribution in [2.45, 2.75) is 69.6 Å². The Bertz CT molecular complexity index is 889. The van der Waals surface area contributed by atoms with Crippen LogP contribution < -0.4 is 5.32 Å². The lowest BCUT2D eigenvalue weighted by Gasteiger charge is -2.38. The van der Waals surface area contributed by atoms with Crippen LogP contribution in [0.25, 0.3) is 11.3 Å². The largest absolute Gasteiger partial charge is 0.393 e. The summed E-state index contributed by atoms with van der Waals surface area (Å²) in [5.74, 6) is 0.356. The first kappa shape index (κ1) is 20.6. The zero-order chi connectivity index (χ0) is 21.1. The molecule has 1 aliphatic heterocycles. The van der Waals surface area contributed by atoms with Crippen LogP contribution in [0, 0.1) is 0 Å². The van der Waals surface area contributed by atoms with E-state index in [1.807, 2.05) is 36.4 Å². The maximum absolute atomic E-state index is 13.5. The summed E-state index contributed by atoms with van der Waals surface area (Å²) in [5, 5.41) is 17.1. The summed E-state index contributed by atoms with van der Waals surface area (Å²) in [6.45, 7) is 2.08. The third-order valence-electron chi connectivity index (χ3n) is 6.42. The average molecular weight is 412 g/mol. The van der Waals surface area contributed by atoms with Crippen LogP contribution in [0.3, 0.4) is 0 Å². The predicted octanol–water partition coefficient (Wildman–Crippen LogP) is 2.68. The number of aliphatic hydroxyl groups is 1. The molecule has 1 saturated heterocycles. The number of likely N-dealkylation sites (tertiary alicyclic amines) is 1. The number of hydrogen-bond acceptors (Lipinski definition) is 5. The molecule has 0 radical (unpaired) electrons. The molecule has 1 saturated carbocycles. The Morgan fingerprint density at radius 2 is 1.97 bits per heavy atom. The third-order valence-corrected chi connectivity index (χ3v) is 6.42. The van der Waals surface area contributed by atoms with E-state index in [0.717, 1.165) is 30.5 Å². The molecule has 30 heavy (non-hydrogen) atoms. The van der Waals surface area contributed by atoms with Crippen LogP contribution in [-0.4, -0.2) is 51.2 Å². The highest BCUT2D eigenvalue weighted by atomic mass is 16.5. The molecule has 1 aromatic carbocycles. The summed E-state index contributed by atoms with van der Waals surface area (Å²) in [7, 11) is 0. The summed E-state index contributed by atoms with van der Waals surface area (Å²) in [5.41, 5.74) is 0.700. The van der Waals surface area contributed by atoms with Crippen molar-refractivity contribution in [1.29, 1.82) is 0 Å². The molecule has 0 bridgehead atoms. The van der Waals surface area contributed by atoms with Gasteiger partial charge in [0.05, 0.1) is 6.10 Å². The number of aromatic nitrogens is 1. The van der Waals surface area contributed by atoms with Gasteiger partial charge in [-0.2, -0.15) is 0 Å². The average Bonchev–Trinajstić information content (AvgIpc) is 3.39. The summed E-state index contributed by atoms with van der Waals surface area (Å²) in [6.07, 6.45) is 4.28. The Balaban J connectivity index is 1.56. The highest BCUT2D eigenvalue weighted by molar-refractivity contribution is 5.92. The molecule has 2 N–H and O–H groups in total. The first-order valence-corrected chi connectivity index (χ1v) is 10.8. The number of benzene rings is 1. The Kier molecular flexibility index (Phi) is 5.90. The molecular weight excluding hydrogens is 382 g/mol. The topological polar surface area (TPSA) is 95.7 Å². The molecule has 2 fully saturated rings. The van der Waals surface area contributed by atoms with E-state index in [2.05, 4.69) is 10.5 Å². The summed E-state index contributed by atoms with van der Waals surface area (Å²) >= 11 is 0. The molecule has 2 amide bonds. The molecule has 2 aliphatic rings. The zero-order valence-electron chi connectivity index (χ0n) is 17.3. The van der Waals surface area contributed by atoms with Gasteiger partial charge in [-0.3, -0.25) is 9.59 Å². The van der Waals surface area contributed by atoms with Gasteiger partial charge in [0.2, 0.25) is 11.8 Å². The molecule has 1 aromatic heterocycles. The molecule has 7 heteroatoms. The highest BCUT2D eigenvalue weighted by Crippen LogP contribution is 2.35. The van der Waals surface area contributed by atoms with Gasteiger partial charge in [0.25, 0.3) is 0 Å². The van der Waals surface area contributed by atoms with Crippen molar-refractivity contribution in [3.8, 4) is 11.3 Å². The number of amides is 2. The van der Waals surface area contributed by atoms with E-state index < -0.39 is 5.54 Å². The van der Waals surface area contributed by atoms with Gasteiger partial charge < -0.3 is 19.8 Å². The number of carbonyl (C=O) groups excluding carboxylic acids is 2. The quantitative estimate of drug-likeness (QED) is 0.789. The number of carbonyl (C=O) groups is 2. The van der Waals surface area contributed by atoms with Crippen LogP contribution >= 0.6 is 0 Å². The Morgan fingerprint density at radius 3 is 2.67 bits per heavy atom. The second kappa shape index (κ2) is 8.60. The molecule has 4 rings (SSSR count). The van der Waals surface area contributed by atoms with Crippen molar-refractivity contribution in [2.24, 2.45) is 0 Å². The number of nitrogens with one attached hydrogen (secondary N) is 1. The van der Waals surface area contributed by atoms with E-state index in [1.54, 1.807) is 4.90 Å². The Labute approximate surface area is 176 Å². The molecule has 1 aliphatic carbocycles. The van der Waals surface area contributed by atoms with E-state index in [4.69, 9.17) is 4.52 Å². The van der Waals surface area contributed by atoms with Crippen molar-refractivity contribution in [3.63, 3.8) is 0 Å². The van der Waals surface area contributed by atoms with Gasteiger partial charge in [-0.25, -0.2) is 0 Å². The fraction of sp³-hybridized carbons (Fsp3) is 0.522. The van der Waals surface area contributed by atoms with Crippen LogP contribution in [0.4, 0.5) is 0 Å². The van der Waals surface area contributed by atoms with Crippen molar-refractivity contribution in [2.75, 3.05) is 6.54 Å². The minimum Gasteiger partial charge on any atom is -0.393 e. The molecule has 7 nitrogen and oxygen atoms in total. The maximum Gasteiger partial charge on any atom is 0.246 e. The minimum atomic E-state index is -0.963. The third kappa shape index (κ3) is 4.12. The lowest BCUT2D eigenvalue weighted by atomic mass is 9.87. The Morgan fingerprint density at radius 1 is 1.23 bits per heavy atom. The fourth-order valence-electron chi connectivity index (χ4n) is 4.81. The normalized spacial score (nSPS) is 26.5. The zero-order valence-corrected chi connectivity index (χ0v) is 17.3. The summed E-state index contributed by atoms with van der Waals surface area (Å²) < 4.78 is 5.59. The van der Waals surface area contributed by atoms with Crippen molar-refractivity contribution < 1.29 is 19.2 Å². The van der Waals surface area contributed by atoms with Gasteiger partial charge in [-0.05, 0) is 38.5 Å². The fourth-order valence-corrected chi connectivity index (χ4v) is 4.81. The van der Waals surface area contributed by atoms with Gasteiger partial charge in [0.15, 0.2) is 0 Å². The van der Waals surface area contributed by atoms with Crippen molar-refractivity contribution in [3.05, 3.63) is 42.2 Å². The highest BCUT2D eigenvalue weighted by Gasteiger charge is 2.50. The molecule has 2 aromatic rings. The summed E-state index contributed by atoms with van der Waals surface area (Å²) in [4.78, 5) is 27.6. The number of hydrogen-bond donors (Lipinski definition) is 2. The smallest absolute Gasteiger partial charge is 0.246 e. The lowest BCUT2D eigenvalue weighted by molar-refractivity contribution is -0.144. The van der Waals surface area contributed by atoms with Gasteiger partial charge in [-0.15, -0.1) is 0 Å². The van der Waals surface area contributed by atoms with E-state index in [1.165, 1.54) is 6.92 Å². The van der Waals surface area contributed by atoms with Crippen molar-refractivity contribution in [1.82, 2.24) is 15.4 Å². The Hall–Kier alpha value is -2.67. The van der Waals surface area contributed by atoms with Crippen LogP contribution in [0.15, 0.2) is 40.9 Å². The van der Waals surface area contributed by atoms with Crippen LogP contribution in [0.2, 0.25) is 0 Å².